The first-order valence-corrected chi connectivity index (χ1v) is 7.55. The smallest absolute Gasteiger partial charge is 0.101 e. The standard InChI is InChI=1S/C16H18N2S/c1-12-4-2-3-5-15(12)19-16-9-6-13(11-18-16)10-17-14-7-8-14/h2-6,9,11,14,17H,7-8,10H2,1H3. The van der Waals surface area contributed by atoms with Gasteiger partial charge in [-0.05, 0) is 43.0 Å². The third kappa shape index (κ3) is 3.58. The molecule has 98 valence electrons. The van der Waals surface area contributed by atoms with E-state index >= 15 is 0 Å². The van der Waals surface area contributed by atoms with Crippen molar-refractivity contribution in [2.75, 3.05) is 0 Å². The highest BCUT2D eigenvalue weighted by Gasteiger charge is 2.19. The van der Waals surface area contributed by atoms with Crippen molar-refractivity contribution < 1.29 is 0 Å². The number of rotatable bonds is 5. The molecule has 0 saturated heterocycles. The largest absolute Gasteiger partial charge is 0.310 e. The van der Waals surface area contributed by atoms with Crippen LogP contribution in [0.1, 0.15) is 24.0 Å². The van der Waals surface area contributed by atoms with Crippen molar-refractivity contribution in [1.82, 2.24) is 10.3 Å². The van der Waals surface area contributed by atoms with Crippen LogP contribution < -0.4 is 5.32 Å². The highest BCUT2D eigenvalue weighted by Crippen LogP contribution is 2.28. The van der Waals surface area contributed by atoms with Crippen LogP contribution in [0.3, 0.4) is 0 Å². The minimum absolute atomic E-state index is 0.751. The predicted octanol–water partition coefficient (Wildman–Crippen LogP) is 3.79. The van der Waals surface area contributed by atoms with E-state index in [0.29, 0.717) is 0 Å². The summed E-state index contributed by atoms with van der Waals surface area (Å²) in [6.45, 7) is 3.07. The summed E-state index contributed by atoms with van der Waals surface area (Å²) in [5.41, 5.74) is 2.56. The van der Waals surface area contributed by atoms with E-state index in [1.165, 1.54) is 28.9 Å². The van der Waals surface area contributed by atoms with Gasteiger partial charge < -0.3 is 5.32 Å². The monoisotopic (exact) mass is 270 g/mol. The van der Waals surface area contributed by atoms with Crippen LogP contribution in [-0.2, 0) is 6.54 Å². The molecule has 1 aliphatic rings. The van der Waals surface area contributed by atoms with Crippen molar-refractivity contribution in [2.45, 2.75) is 42.3 Å². The van der Waals surface area contributed by atoms with Crippen molar-refractivity contribution in [2.24, 2.45) is 0 Å². The van der Waals surface area contributed by atoms with E-state index in [1.54, 1.807) is 11.8 Å². The Kier molecular flexibility index (Phi) is 3.85. The maximum Gasteiger partial charge on any atom is 0.101 e. The van der Waals surface area contributed by atoms with E-state index in [-0.39, 0.29) is 0 Å². The first kappa shape index (κ1) is 12.7. The molecule has 2 aromatic rings. The van der Waals surface area contributed by atoms with Gasteiger partial charge in [0.05, 0.1) is 0 Å². The predicted molar refractivity (Wildman–Crippen MR) is 79.4 cm³/mol. The van der Waals surface area contributed by atoms with Crippen LogP contribution in [-0.4, -0.2) is 11.0 Å². The van der Waals surface area contributed by atoms with Gasteiger partial charge in [-0.1, -0.05) is 36.0 Å². The van der Waals surface area contributed by atoms with Crippen molar-refractivity contribution in [3.05, 3.63) is 53.7 Å². The molecule has 1 N–H and O–H groups in total. The fraction of sp³-hybridized carbons (Fsp3) is 0.312. The van der Waals surface area contributed by atoms with Crippen molar-refractivity contribution in [3.8, 4) is 0 Å². The number of aromatic nitrogens is 1. The molecule has 1 saturated carbocycles. The summed E-state index contributed by atoms with van der Waals surface area (Å²) in [4.78, 5) is 5.81. The number of hydrogen-bond acceptors (Lipinski definition) is 3. The molecule has 1 aromatic heterocycles. The van der Waals surface area contributed by atoms with Crippen LogP contribution in [0.4, 0.5) is 0 Å². The quantitative estimate of drug-likeness (QED) is 0.894. The Hall–Kier alpha value is -1.32. The minimum Gasteiger partial charge on any atom is -0.310 e. The summed E-state index contributed by atoms with van der Waals surface area (Å²) < 4.78 is 0. The molecule has 0 radical (unpaired) electrons. The van der Waals surface area contributed by atoms with Crippen LogP contribution >= 0.6 is 11.8 Å². The lowest BCUT2D eigenvalue weighted by Crippen LogP contribution is -2.15. The third-order valence-corrected chi connectivity index (χ3v) is 4.41. The minimum atomic E-state index is 0.751. The van der Waals surface area contributed by atoms with Crippen molar-refractivity contribution in [1.29, 1.82) is 0 Å². The summed E-state index contributed by atoms with van der Waals surface area (Å²) in [6, 6.07) is 13.5. The topological polar surface area (TPSA) is 24.9 Å². The van der Waals surface area contributed by atoms with E-state index in [1.807, 2.05) is 6.20 Å². The van der Waals surface area contributed by atoms with Gasteiger partial charge in [0.2, 0.25) is 0 Å². The summed E-state index contributed by atoms with van der Waals surface area (Å²) in [7, 11) is 0. The number of nitrogens with one attached hydrogen (secondary N) is 1. The molecule has 0 bridgehead atoms. The number of nitrogens with zero attached hydrogens (tertiary/aromatic N) is 1. The molecule has 0 amide bonds. The Morgan fingerprint density at radius 2 is 2.05 bits per heavy atom. The van der Waals surface area contributed by atoms with Crippen LogP contribution in [0, 0.1) is 6.92 Å². The van der Waals surface area contributed by atoms with Gasteiger partial charge in [0.25, 0.3) is 0 Å². The average Bonchev–Trinajstić information content (AvgIpc) is 3.25. The second kappa shape index (κ2) is 5.76. The number of benzene rings is 1. The zero-order valence-corrected chi connectivity index (χ0v) is 11.9. The first-order valence-electron chi connectivity index (χ1n) is 6.73. The molecule has 0 unspecified atom stereocenters. The molecule has 2 nitrogen and oxygen atoms in total. The molecule has 19 heavy (non-hydrogen) atoms. The van der Waals surface area contributed by atoms with Gasteiger partial charge in [-0.15, -0.1) is 0 Å². The average molecular weight is 270 g/mol. The lowest BCUT2D eigenvalue weighted by molar-refractivity contribution is 0.685. The SMILES string of the molecule is Cc1ccccc1Sc1ccc(CNC2CC2)cn1. The molecule has 1 heterocycles. The van der Waals surface area contributed by atoms with E-state index in [0.717, 1.165) is 17.6 Å². The van der Waals surface area contributed by atoms with E-state index in [9.17, 15) is 0 Å². The van der Waals surface area contributed by atoms with E-state index < -0.39 is 0 Å². The molecular formula is C16H18N2S. The van der Waals surface area contributed by atoms with Crippen LogP contribution in [0.25, 0.3) is 0 Å². The molecular weight excluding hydrogens is 252 g/mol. The Balaban J connectivity index is 1.63. The summed E-state index contributed by atoms with van der Waals surface area (Å²) >= 11 is 1.73. The van der Waals surface area contributed by atoms with Gasteiger partial charge in [0, 0.05) is 23.7 Å². The van der Waals surface area contributed by atoms with Gasteiger partial charge in [0.15, 0.2) is 0 Å². The van der Waals surface area contributed by atoms with E-state index in [4.69, 9.17) is 0 Å². The van der Waals surface area contributed by atoms with E-state index in [2.05, 4.69) is 53.6 Å². The number of hydrogen-bond donors (Lipinski definition) is 1. The van der Waals surface area contributed by atoms with Gasteiger partial charge in [-0.3, -0.25) is 0 Å². The fourth-order valence-corrected chi connectivity index (χ4v) is 2.75. The lowest BCUT2D eigenvalue weighted by atomic mass is 10.2. The maximum absolute atomic E-state index is 4.54. The Labute approximate surface area is 118 Å². The van der Waals surface area contributed by atoms with Gasteiger partial charge >= 0.3 is 0 Å². The van der Waals surface area contributed by atoms with Gasteiger partial charge in [0.1, 0.15) is 5.03 Å². The number of aryl methyl sites for hydroxylation is 1. The summed E-state index contributed by atoms with van der Waals surface area (Å²) in [6.07, 6.45) is 4.64. The number of pyridine rings is 1. The molecule has 3 heteroatoms. The van der Waals surface area contributed by atoms with Crippen molar-refractivity contribution in [3.63, 3.8) is 0 Å². The Morgan fingerprint density at radius 1 is 1.21 bits per heavy atom. The van der Waals surface area contributed by atoms with Crippen molar-refractivity contribution >= 4 is 11.8 Å². The zero-order chi connectivity index (χ0) is 13.1. The first-order chi connectivity index (χ1) is 9.31. The van der Waals surface area contributed by atoms with Crippen LogP contribution in [0.2, 0.25) is 0 Å². The normalized spacial score (nSPS) is 14.6. The zero-order valence-electron chi connectivity index (χ0n) is 11.1. The molecule has 3 rings (SSSR count). The third-order valence-electron chi connectivity index (χ3n) is 3.28. The van der Waals surface area contributed by atoms with Gasteiger partial charge in [-0.25, -0.2) is 4.98 Å². The highest BCUT2D eigenvalue weighted by molar-refractivity contribution is 7.99. The lowest BCUT2D eigenvalue weighted by Gasteiger charge is -2.06. The second-order valence-corrected chi connectivity index (χ2v) is 6.09. The van der Waals surface area contributed by atoms with Crippen LogP contribution in [0.15, 0.2) is 52.5 Å². The molecule has 1 aromatic carbocycles. The van der Waals surface area contributed by atoms with Gasteiger partial charge in [-0.2, -0.15) is 0 Å². The maximum atomic E-state index is 4.54. The second-order valence-electron chi connectivity index (χ2n) is 5.03. The summed E-state index contributed by atoms with van der Waals surface area (Å²) in [5, 5.41) is 4.56. The Bertz CT molecular complexity index is 547. The molecule has 1 aliphatic carbocycles. The molecule has 0 atom stereocenters. The molecule has 0 spiro atoms. The molecule has 1 fully saturated rings. The Morgan fingerprint density at radius 3 is 2.74 bits per heavy atom. The molecule has 0 aliphatic heterocycles. The summed E-state index contributed by atoms with van der Waals surface area (Å²) in [5.74, 6) is 0. The van der Waals surface area contributed by atoms with Crippen LogP contribution in [0.5, 0.6) is 0 Å². The highest BCUT2D eigenvalue weighted by atomic mass is 32.2. The fourth-order valence-electron chi connectivity index (χ4n) is 1.91.